The molecule has 0 atom stereocenters. The second kappa shape index (κ2) is 3.56. The summed E-state index contributed by atoms with van der Waals surface area (Å²) >= 11 is 0. The normalized spacial score (nSPS) is 17.6. The van der Waals surface area contributed by atoms with Crippen molar-refractivity contribution in [1.82, 2.24) is 4.98 Å². The summed E-state index contributed by atoms with van der Waals surface area (Å²) in [5.41, 5.74) is 8.63. The van der Waals surface area contributed by atoms with E-state index in [1.165, 1.54) is 23.8 Å². The average molecular weight is 212 g/mol. The minimum Gasteiger partial charge on any atom is -0.330 e. The fourth-order valence-electron chi connectivity index (χ4n) is 2.64. The average Bonchev–Trinajstić information content (AvgIpc) is 3.10. The van der Waals surface area contributed by atoms with Gasteiger partial charge in [0.25, 0.3) is 0 Å². The molecule has 1 aliphatic rings. The van der Waals surface area contributed by atoms with Gasteiger partial charge in [0.1, 0.15) is 0 Å². The van der Waals surface area contributed by atoms with E-state index in [0.717, 1.165) is 18.5 Å². The standard InChI is InChI=1S/C14H16N2/c15-9-8-14(6-7-14)12-5-10-16-13-4-2-1-3-11(12)13/h1-5,10H,6-9,15H2. The molecule has 0 amide bonds. The largest absolute Gasteiger partial charge is 0.330 e. The van der Waals surface area contributed by atoms with Crippen LogP contribution in [0.3, 0.4) is 0 Å². The van der Waals surface area contributed by atoms with Crippen molar-refractivity contribution >= 4 is 10.9 Å². The van der Waals surface area contributed by atoms with Crippen LogP contribution in [0.1, 0.15) is 24.8 Å². The number of benzene rings is 1. The van der Waals surface area contributed by atoms with Crippen molar-refractivity contribution in [3.05, 3.63) is 42.1 Å². The van der Waals surface area contributed by atoms with Gasteiger partial charge < -0.3 is 5.73 Å². The molecule has 2 nitrogen and oxygen atoms in total. The van der Waals surface area contributed by atoms with E-state index in [4.69, 9.17) is 5.73 Å². The Morgan fingerprint density at radius 3 is 2.75 bits per heavy atom. The summed E-state index contributed by atoms with van der Waals surface area (Å²) in [5.74, 6) is 0. The SMILES string of the molecule is NCCC1(c2ccnc3ccccc23)CC1. The van der Waals surface area contributed by atoms with Crippen molar-refractivity contribution in [2.75, 3.05) is 6.54 Å². The Bertz CT molecular complexity index is 510. The fraction of sp³-hybridized carbons (Fsp3) is 0.357. The molecule has 0 bridgehead atoms. The maximum atomic E-state index is 5.72. The highest BCUT2D eigenvalue weighted by Crippen LogP contribution is 2.52. The van der Waals surface area contributed by atoms with Crippen molar-refractivity contribution in [3.8, 4) is 0 Å². The quantitative estimate of drug-likeness (QED) is 0.849. The highest BCUT2D eigenvalue weighted by molar-refractivity contribution is 5.83. The summed E-state index contributed by atoms with van der Waals surface area (Å²) in [6.45, 7) is 0.774. The lowest BCUT2D eigenvalue weighted by Crippen LogP contribution is -2.13. The maximum absolute atomic E-state index is 5.72. The van der Waals surface area contributed by atoms with Crippen molar-refractivity contribution in [2.24, 2.45) is 5.73 Å². The summed E-state index contributed by atoms with van der Waals surface area (Å²) in [4.78, 5) is 4.41. The fourth-order valence-corrected chi connectivity index (χ4v) is 2.64. The number of hydrogen-bond acceptors (Lipinski definition) is 2. The van der Waals surface area contributed by atoms with E-state index in [1.807, 2.05) is 12.3 Å². The van der Waals surface area contributed by atoms with E-state index in [9.17, 15) is 0 Å². The van der Waals surface area contributed by atoms with Crippen LogP contribution in [0.25, 0.3) is 10.9 Å². The van der Waals surface area contributed by atoms with E-state index in [0.29, 0.717) is 5.41 Å². The molecular weight excluding hydrogens is 196 g/mol. The van der Waals surface area contributed by atoms with Gasteiger partial charge in [-0.3, -0.25) is 4.98 Å². The summed E-state index contributed by atoms with van der Waals surface area (Å²) < 4.78 is 0. The van der Waals surface area contributed by atoms with E-state index in [-0.39, 0.29) is 0 Å². The number of aromatic nitrogens is 1. The second-order valence-electron chi connectivity index (χ2n) is 4.69. The number of para-hydroxylation sites is 1. The molecule has 0 aliphatic heterocycles. The molecule has 1 aliphatic carbocycles. The van der Waals surface area contributed by atoms with Crippen LogP contribution < -0.4 is 5.73 Å². The van der Waals surface area contributed by atoms with E-state index >= 15 is 0 Å². The van der Waals surface area contributed by atoms with Gasteiger partial charge in [-0.1, -0.05) is 18.2 Å². The van der Waals surface area contributed by atoms with Crippen molar-refractivity contribution in [1.29, 1.82) is 0 Å². The van der Waals surface area contributed by atoms with Crippen molar-refractivity contribution in [3.63, 3.8) is 0 Å². The molecule has 1 saturated carbocycles. The van der Waals surface area contributed by atoms with Gasteiger partial charge >= 0.3 is 0 Å². The van der Waals surface area contributed by atoms with Gasteiger partial charge in [-0.2, -0.15) is 0 Å². The highest BCUT2D eigenvalue weighted by Gasteiger charge is 2.44. The van der Waals surface area contributed by atoms with Gasteiger partial charge in [-0.05, 0) is 48.9 Å². The predicted molar refractivity (Wildman–Crippen MR) is 66.3 cm³/mol. The minimum absolute atomic E-state index is 0.358. The number of nitrogens with zero attached hydrogens (tertiary/aromatic N) is 1. The summed E-state index contributed by atoms with van der Waals surface area (Å²) in [6.07, 6.45) is 5.58. The zero-order chi connectivity index (χ0) is 11.0. The number of hydrogen-bond donors (Lipinski definition) is 1. The Hall–Kier alpha value is -1.41. The van der Waals surface area contributed by atoms with Gasteiger partial charge in [0.2, 0.25) is 0 Å². The molecule has 1 heterocycles. The van der Waals surface area contributed by atoms with E-state index in [2.05, 4.69) is 29.2 Å². The third-order valence-electron chi connectivity index (χ3n) is 3.70. The van der Waals surface area contributed by atoms with Crippen LogP contribution in [-0.2, 0) is 5.41 Å². The minimum atomic E-state index is 0.358. The zero-order valence-electron chi connectivity index (χ0n) is 9.32. The Morgan fingerprint density at radius 2 is 2.00 bits per heavy atom. The Balaban J connectivity index is 2.17. The summed E-state index contributed by atoms with van der Waals surface area (Å²) in [7, 11) is 0. The Morgan fingerprint density at radius 1 is 1.19 bits per heavy atom. The Kier molecular flexibility index (Phi) is 2.18. The number of fused-ring (bicyclic) bond motifs is 1. The molecule has 16 heavy (non-hydrogen) atoms. The van der Waals surface area contributed by atoms with Gasteiger partial charge in [-0.15, -0.1) is 0 Å². The van der Waals surface area contributed by atoms with Crippen molar-refractivity contribution in [2.45, 2.75) is 24.7 Å². The van der Waals surface area contributed by atoms with Crippen LogP contribution in [0.2, 0.25) is 0 Å². The molecule has 82 valence electrons. The summed E-state index contributed by atoms with van der Waals surface area (Å²) in [6, 6.07) is 10.6. The molecule has 0 saturated heterocycles. The molecule has 0 unspecified atom stereocenters. The second-order valence-corrected chi connectivity index (χ2v) is 4.69. The lowest BCUT2D eigenvalue weighted by molar-refractivity contribution is 0.633. The molecular formula is C14H16N2. The molecule has 1 aromatic carbocycles. The zero-order valence-corrected chi connectivity index (χ0v) is 9.32. The molecule has 2 heteroatoms. The van der Waals surface area contributed by atoms with Crippen LogP contribution in [0.5, 0.6) is 0 Å². The van der Waals surface area contributed by atoms with E-state index < -0.39 is 0 Å². The van der Waals surface area contributed by atoms with Crippen molar-refractivity contribution < 1.29 is 0 Å². The summed E-state index contributed by atoms with van der Waals surface area (Å²) in [5, 5.41) is 1.30. The lowest BCUT2D eigenvalue weighted by Gasteiger charge is -2.16. The van der Waals surface area contributed by atoms with Crippen LogP contribution in [0.15, 0.2) is 36.5 Å². The first-order valence-corrected chi connectivity index (χ1v) is 5.90. The lowest BCUT2D eigenvalue weighted by atomic mass is 9.90. The highest BCUT2D eigenvalue weighted by atomic mass is 14.7. The first kappa shape index (κ1) is 9.79. The first-order valence-electron chi connectivity index (χ1n) is 5.90. The van der Waals surface area contributed by atoms with Crippen LogP contribution in [0.4, 0.5) is 0 Å². The van der Waals surface area contributed by atoms with Gasteiger partial charge in [0, 0.05) is 11.6 Å². The number of rotatable bonds is 3. The molecule has 0 spiro atoms. The molecule has 2 N–H and O–H groups in total. The molecule has 1 fully saturated rings. The smallest absolute Gasteiger partial charge is 0.0704 e. The monoisotopic (exact) mass is 212 g/mol. The topological polar surface area (TPSA) is 38.9 Å². The first-order chi connectivity index (χ1) is 7.86. The van der Waals surface area contributed by atoms with Crippen LogP contribution in [0, 0.1) is 0 Å². The van der Waals surface area contributed by atoms with Crippen LogP contribution in [-0.4, -0.2) is 11.5 Å². The third-order valence-corrected chi connectivity index (χ3v) is 3.70. The molecule has 3 rings (SSSR count). The molecule has 1 aromatic heterocycles. The number of pyridine rings is 1. The van der Waals surface area contributed by atoms with E-state index in [1.54, 1.807) is 0 Å². The van der Waals surface area contributed by atoms with Crippen LogP contribution >= 0.6 is 0 Å². The third kappa shape index (κ3) is 1.41. The van der Waals surface area contributed by atoms with Gasteiger partial charge in [0.05, 0.1) is 5.52 Å². The molecule has 0 radical (unpaired) electrons. The maximum Gasteiger partial charge on any atom is 0.0704 e. The number of nitrogens with two attached hydrogens (primary N) is 1. The van der Waals surface area contributed by atoms with Gasteiger partial charge in [-0.25, -0.2) is 0 Å². The predicted octanol–water partition coefficient (Wildman–Crippen LogP) is 2.62. The van der Waals surface area contributed by atoms with Gasteiger partial charge in [0.15, 0.2) is 0 Å². The molecule has 2 aromatic rings. The Labute approximate surface area is 95.5 Å².